The number of hydrazine groups is 1. The number of nitrogens with zero attached hydrogens (tertiary/aromatic N) is 2. The number of alkyl halides is 2. The Morgan fingerprint density at radius 2 is 1.77 bits per heavy atom. The molecule has 0 aliphatic carbocycles. The number of anilines is 1. The smallest absolute Gasteiger partial charge is 0.387 e. The Kier molecular flexibility index (Phi) is 5.50. The van der Waals surface area contributed by atoms with Gasteiger partial charge in [0.15, 0.2) is 11.6 Å². The summed E-state index contributed by atoms with van der Waals surface area (Å²) in [6, 6.07) is 13.5. The maximum absolute atomic E-state index is 12.5. The van der Waals surface area contributed by atoms with E-state index >= 15 is 0 Å². The van der Waals surface area contributed by atoms with Crippen LogP contribution in [0.2, 0.25) is 0 Å². The molecule has 8 heteroatoms. The van der Waals surface area contributed by atoms with Crippen LogP contribution >= 0.6 is 22.6 Å². The van der Waals surface area contributed by atoms with Crippen molar-refractivity contribution in [1.82, 2.24) is 0 Å². The molecule has 2 aromatic carbocycles. The van der Waals surface area contributed by atoms with E-state index in [9.17, 15) is 8.78 Å². The maximum Gasteiger partial charge on any atom is 0.387 e. The van der Waals surface area contributed by atoms with Gasteiger partial charge in [0, 0.05) is 9.13 Å². The molecule has 2 rings (SSSR count). The highest BCUT2D eigenvalue weighted by atomic mass is 127. The van der Waals surface area contributed by atoms with E-state index in [4.69, 9.17) is 11.7 Å². The Hall–Kier alpha value is -1.94. The number of ether oxygens (including phenoxy) is 1. The lowest BCUT2D eigenvalue weighted by molar-refractivity contribution is -0.0494. The van der Waals surface area contributed by atoms with Crippen molar-refractivity contribution in [3.05, 3.63) is 57.7 Å². The van der Waals surface area contributed by atoms with Gasteiger partial charge in [0.1, 0.15) is 5.69 Å². The van der Waals surface area contributed by atoms with E-state index in [0.717, 1.165) is 8.58 Å². The molecule has 116 valence electrons. The van der Waals surface area contributed by atoms with Crippen molar-refractivity contribution in [3.63, 3.8) is 0 Å². The van der Waals surface area contributed by atoms with E-state index in [-0.39, 0.29) is 17.3 Å². The van der Waals surface area contributed by atoms with Crippen molar-refractivity contribution in [2.45, 2.75) is 6.61 Å². The van der Waals surface area contributed by atoms with E-state index in [0.29, 0.717) is 5.56 Å². The quantitative estimate of drug-likeness (QED) is 0.263. The number of halogens is 3. The summed E-state index contributed by atoms with van der Waals surface area (Å²) in [6.07, 6.45) is 0. The molecule has 0 amide bonds. The summed E-state index contributed by atoms with van der Waals surface area (Å²) in [7, 11) is 0. The van der Waals surface area contributed by atoms with Gasteiger partial charge in [0.25, 0.3) is 0 Å². The van der Waals surface area contributed by atoms with Crippen molar-refractivity contribution in [1.29, 1.82) is 0 Å². The first-order chi connectivity index (χ1) is 10.5. The Balaban J connectivity index is 2.42. The van der Waals surface area contributed by atoms with Crippen LogP contribution in [-0.2, 0) is 0 Å². The molecule has 4 N–H and O–H groups in total. The van der Waals surface area contributed by atoms with Crippen molar-refractivity contribution in [3.8, 4) is 5.75 Å². The maximum atomic E-state index is 12.5. The monoisotopic (exact) mass is 418 g/mol. The SMILES string of the molecule is N/N=C(/c1ccccc1I)N(N)c1ccccc1OC(F)F. The molecule has 0 saturated carbocycles. The van der Waals surface area contributed by atoms with Gasteiger partial charge in [-0.15, -0.1) is 0 Å². The van der Waals surface area contributed by atoms with Crippen LogP contribution in [0.3, 0.4) is 0 Å². The summed E-state index contributed by atoms with van der Waals surface area (Å²) in [6.45, 7) is -2.95. The van der Waals surface area contributed by atoms with Gasteiger partial charge >= 0.3 is 6.61 Å². The summed E-state index contributed by atoms with van der Waals surface area (Å²) in [5.74, 6) is 11.6. The van der Waals surface area contributed by atoms with Crippen LogP contribution in [-0.4, -0.2) is 12.4 Å². The van der Waals surface area contributed by atoms with Crippen molar-refractivity contribution >= 4 is 34.1 Å². The Bertz CT molecular complexity index is 681. The van der Waals surface area contributed by atoms with Crippen molar-refractivity contribution in [2.75, 3.05) is 5.01 Å². The molecule has 0 fully saturated rings. The molecule has 5 nitrogen and oxygen atoms in total. The third kappa shape index (κ3) is 3.63. The van der Waals surface area contributed by atoms with Crippen LogP contribution in [0.5, 0.6) is 5.75 Å². The van der Waals surface area contributed by atoms with Gasteiger partial charge in [-0.05, 0) is 40.8 Å². The average Bonchev–Trinajstić information content (AvgIpc) is 2.49. The highest BCUT2D eigenvalue weighted by molar-refractivity contribution is 14.1. The highest BCUT2D eigenvalue weighted by Crippen LogP contribution is 2.29. The molecule has 0 radical (unpaired) electrons. The number of hydrazone groups is 1. The van der Waals surface area contributed by atoms with Gasteiger partial charge in [0.2, 0.25) is 0 Å². The summed E-state index contributed by atoms with van der Waals surface area (Å²) >= 11 is 2.11. The largest absolute Gasteiger partial charge is 0.433 e. The van der Waals surface area contributed by atoms with Crippen molar-refractivity contribution < 1.29 is 13.5 Å². The lowest BCUT2D eigenvalue weighted by Gasteiger charge is -2.23. The minimum absolute atomic E-state index is 0.0629. The molecular formula is C14H13F2IN4O. The zero-order valence-electron chi connectivity index (χ0n) is 11.3. The molecule has 2 aromatic rings. The predicted octanol–water partition coefficient (Wildman–Crippen LogP) is 2.89. The second-order valence-electron chi connectivity index (χ2n) is 4.15. The van der Waals surface area contributed by atoms with E-state index in [1.807, 2.05) is 12.1 Å². The van der Waals surface area contributed by atoms with Crippen LogP contribution < -0.4 is 21.4 Å². The van der Waals surface area contributed by atoms with Gasteiger partial charge in [-0.2, -0.15) is 13.9 Å². The van der Waals surface area contributed by atoms with E-state index in [1.54, 1.807) is 30.3 Å². The summed E-state index contributed by atoms with van der Waals surface area (Å²) in [5.41, 5.74) is 0.909. The first kappa shape index (κ1) is 16.4. The third-order valence-corrected chi connectivity index (χ3v) is 3.75. The highest BCUT2D eigenvalue weighted by Gasteiger charge is 2.19. The third-order valence-electron chi connectivity index (χ3n) is 2.81. The van der Waals surface area contributed by atoms with Crippen molar-refractivity contribution in [2.24, 2.45) is 16.8 Å². The molecule has 0 aliphatic heterocycles. The fourth-order valence-corrected chi connectivity index (χ4v) is 2.50. The molecule has 0 saturated heterocycles. The lowest BCUT2D eigenvalue weighted by Crippen LogP contribution is -2.39. The lowest BCUT2D eigenvalue weighted by atomic mass is 10.2. The topological polar surface area (TPSA) is 76.9 Å². The van der Waals surface area contributed by atoms with Gasteiger partial charge in [-0.1, -0.05) is 30.3 Å². The number of nitrogens with two attached hydrogens (primary N) is 2. The van der Waals surface area contributed by atoms with Gasteiger partial charge in [-0.25, -0.2) is 5.84 Å². The second kappa shape index (κ2) is 7.36. The van der Waals surface area contributed by atoms with Crippen LogP contribution in [0.4, 0.5) is 14.5 Å². The minimum Gasteiger partial charge on any atom is -0.433 e. The van der Waals surface area contributed by atoms with Gasteiger partial charge < -0.3 is 10.6 Å². The zero-order valence-corrected chi connectivity index (χ0v) is 13.4. The van der Waals surface area contributed by atoms with Crippen LogP contribution in [0.25, 0.3) is 0 Å². The van der Waals surface area contributed by atoms with E-state index < -0.39 is 6.61 Å². The van der Waals surface area contributed by atoms with Gasteiger partial charge in [0.05, 0.1) is 0 Å². The molecule has 0 aromatic heterocycles. The molecular weight excluding hydrogens is 405 g/mol. The normalized spacial score (nSPS) is 11.6. The Morgan fingerprint density at radius 1 is 1.14 bits per heavy atom. The Labute approximate surface area is 139 Å². The number of benzene rings is 2. The van der Waals surface area contributed by atoms with Gasteiger partial charge in [-0.3, -0.25) is 5.01 Å². The molecule has 0 unspecified atom stereocenters. The Morgan fingerprint density at radius 3 is 2.41 bits per heavy atom. The fourth-order valence-electron chi connectivity index (χ4n) is 1.87. The minimum atomic E-state index is -2.95. The number of amidine groups is 1. The molecule has 0 spiro atoms. The fraction of sp³-hybridized carbons (Fsp3) is 0.0714. The standard InChI is InChI=1S/C14H13F2IN4O/c15-14(16)22-12-8-4-3-7-11(12)21(19)13(20-18)9-5-1-2-6-10(9)17/h1-8,14H,18-19H2/b20-13-. The van der Waals surface area contributed by atoms with Crippen LogP contribution in [0.15, 0.2) is 53.6 Å². The number of rotatable bonds is 4. The summed E-state index contributed by atoms with van der Waals surface area (Å²) in [4.78, 5) is 0. The second-order valence-corrected chi connectivity index (χ2v) is 5.31. The predicted molar refractivity (Wildman–Crippen MR) is 89.6 cm³/mol. The molecule has 0 atom stereocenters. The first-order valence-corrected chi connectivity index (χ1v) is 7.24. The van der Waals surface area contributed by atoms with Crippen LogP contribution in [0.1, 0.15) is 5.56 Å². The summed E-state index contributed by atoms with van der Waals surface area (Å²) in [5, 5.41) is 4.81. The molecule has 0 bridgehead atoms. The summed E-state index contributed by atoms with van der Waals surface area (Å²) < 4.78 is 30.3. The molecule has 22 heavy (non-hydrogen) atoms. The van der Waals surface area contributed by atoms with E-state index in [1.165, 1.54) is 6.07 Å². The average molecular weight is 418 g/mol. The number of para-hydroxylation sites is 2. The zero-order chi connectivity index (χ0) is 16.1. The van der Waals surface area contributed by atoms with E-state index in [2.05, 4.69) is 32.4 Å². The number of hydrogen-bond donors (Lipinski definition) is 2. The molecule has 0 aliphatic rings. The van der Waals surface area contributed by atoms with Crippen LogP contribution in [0, 0.1) is 3.57 Å². The molecule has 0 heterocycles. The number of hydrogen-bond acceptors (Lipinski definition) is 4. The first-order valence-electron chi connectivity index (χ1n) is 6.16.